The number of carbonyl (C=O) groups is 3. The van der Waals surface area contributed by atoms with Crippen molar-refractivity contribution in [2.24, 2.45) is 5.92 Å². The second-order valence-corrected chi connectivity index (χ2v) is 6.61. The standard InChI is InChI=1S/C18H19F3N2O4/c1-27-12-2-3-14-13(10-12)15(24)6-9-23(14)16(25)11-4-7-22(8-5-11)17(26)18(19,20)21/h2-3,10-11H,4-9H2,1H3. The van der Waals surface area contributed by atoms with E-state index in [9.17, 15) is 27.6 Å². The second kappa shape index (κ2) is 7.21. The summed E-state index contributed by atoms with van der Waals surface area (Å²) in [5.74, 6) is -2.15. The Balaban J connectivity index is 1.72. The van der Waals surface area contributed by atoms with E-state index in [0.29, 0.717) is 17.0 Å². The highest BCUT2D eigenvalue weighted by Gasteiger charge is 2.44. The lowest BCUT2D eigenvalue weighted by Gasteiger charge is -2.36. The zero-order valence-electron chi connectivity index (χ0n) is 14.7. The van der Waals surface area contributed by atoms with E-state index in [1.807, 2.05) is 0 Å². The quantitative estimate of drug-likeness (QED) is 0.786. The van der Waals surface area contributed by atoms with Crippen molar-refractivity contribution in [2.45, 2.75) is 25.4 Å². The number of ether oxygens (including phenoxy) is 1. The third-order valence-corrected chi connectivity index (χ3v) is 5.00. The van der Waals surface area contributed by atoms with Crippen molar-refractivity contribution in [3.8, 4) is 5.75 Å². The number of methoxy groups -OCH3 is 1. The first-order valence-corrected chi connectivity index (χ1v) is 8.61. The molecule has 0 bridgehead atoms. The lowest BCUT2D eigenvalue weighted by molar-refractivity contribution is -0.186. The van der Waals surface area contributed by atoms with Gasteiger partial charge in [-0.25, -0.2) is 0 Å². The topological polar surface area (TPSA) is 66.9 Å². The number of ketones is 1. The average molecular weight is 384 g/mol. The third kappa shape index (κ3) is 3.77. The van der Waals surface area contributed by atoms with Gasteiger partial charge in [0, 0.05) is 37.5 Å². The molecule has 1 fully saturated rings. The number of Topliss-reactive ketones (excluding diaryl/α,β-unsaturated/α-hetero) is 1. The Kier molecular flexibility index (Phi) is 5.12. The lowest BCUT2D eigenvalue weighted by Crippen LogP contribution is -2.49. The molecule has 2 heterocycles. The number of likely N-dealkylation sites (tertiary alicyclic amines) is 1. The summed E-state index contributed by atoms with van der Waals surface area (Å²) in [7, 11) is 1.48. The fourth-order valence-electron chi connectivity index (χ4n) is 3.53. The van der Waals surface area contributed by atoms with Crippen LogP contribution in [-0.4, -0.2) is 55.4 Å². The molecule has 1 aromatic rings. The van der Waals surface area contributed by atoms with Gasteiger partial charge < -0.3 is 14.5 Å². The molecule has 9 heteroatoms. The second-order valence-electron chi connectivity index (χ2n) is 6.61. The number of carbonyl (C=O) groups excluding carboxylic acids is 3. The van der Waals surface area contributed by atoms with E-state index in [4.69, 9.17) is 4.74 Å². The van der Waals surface area contributed by atoms with Gasteiger partial charge in [-0.15, -0.1) is 0 Å². The zero-order chi connectivity index (χ0) is 19.8. The van der Waals surface area contributed by atoms with Crippen LogP contribution < -0.4 is 9.64 Å². The molecule has 0 radical (unpaired) electrons. The number of alkyl halides is 3. The van der Waals surface area contributed by atoms with Gasteiger partial charge in [-0.2, -0.15) is 13.2 Å². The van der Waals surface area contributed by atoms with Gasteiger partial charge in [-0.05, 0) is 31.0 Å². The minimum atomic E-state index is -4.90. The smallest absolute Gasteiger partial charge is 0.471 e. The third-order valence-electron chi connectivity index (χ3n) is 5.00. The fourth-order valence-corrected chi connectivity index (χ4v) is 3.53. The number of fused-ring (bicyclic) bond motifs is 1. The van der Waals surface area contributed by atoms with Crippen LogP contribution in [0, 0.1) is 5.92 Å². The molecule has 27 heavy (non-hydrogen) atoms. The minimum absolute atomic E-state index is 0.0847. The van der Waals surface area contributed by atoms with Gasteiger partial charge in [0.05, 0.1) is 12.8 Å². The van der Waals surface area contributed by atoms with E-state index in [0.717, 1.165) is 4.90 Å². The molecule has 0 atom stereocenters. The molecule has 146 valence electrons. The predicted octanol–water partition coefficient (Wildman–Crippen LogP) is 2.42. The number of benzene rings is 1. The van der Waals surface area contributed by atoms with E-state index in [1.54, 1.807) is 18.2 Å². The number of halogens is 3. The van der Waals surface area contributed by atoms with E-state index >= 15 is 0 Å². The van der Waals surface area contributed by atoms with Crippen LogP contribution in [0.25, 0.3) is 0 Å². The maximum Gasteiger partial charge on any atom is 0.471 e. The molecular formula is C18H19F3N2O4. The lowest BCUT2D eigenvalue weighted by atomic mass is 9.92. The van der Waals surface area contributed by atoms with Crippen LogP contribution in [-0.2, 0) is 9.59 Å². The summed E-state index contributed by atoms with van der Waals surface area (Å²) >= 11 is 0. The maximum atomic E-state index is 12.9. The summed E-state index contributed by atoms with van der Waals surface area (Å²) in [6.45, 7) is 0.00662. The summed E-state index contributed by atoms with van der Waals surface area (Å²) < 4.78 is 42.7. The summed E-state index contributed by atoms with van der Waals surface area (Å²) in [4.78, 5) is 38.6. The Bertz CT molecular complexity index is 770. The van der Waals surface area contributed by atoms with Gasteiger partial charge in [0.15, 0.2) is 5.78 Å². The Labute approximate surface area is 153 Å². The predicted molar refractivity (Wildman–Crippen MR) is 89.7 cm³/mol. The van der Waals surface area contributed by atoms with Crippen LogP contribution in [0.15, 0.2) is 18.2 Å². The van der Waals surface area contributed by atoms with Crippen molar-refractivity contribution in [3.63, 3.8) is 0 Å². The molecule has 0 spiro atoms. The van der Waals surface area contributed by atoms with Crippen LogP contribution >= 0.6 is 0 Å². The fraction of sp³-hybridized carbons (Fsp3) is 0.500. The van der Waals surface area contributed by atoms with Crippen LogP contribution in [0.5, 0.6) is 5.75 Å². The highest BCUT2D eigenvalue weighted by atomic mass is 19.4. The highest BCUT2D eigenvalue weighted by Crippen LogP contribution is 2.33. The van der Waals surface area contributed by atoms with E-state index < -0.39 is 18.0 Å². The van der Waals surface area contributed by atoms with Crippen molar-refractivity contribution in [1.82, 2.24) is 4.90 Å². The van der Waals surface area contributed by atoms with Gasteiger partial charge in [-0.3, -0.25) is 14.4 Å². The molecule has 2 aliphatic heterocycles. The number of hydrogen-bond acceptors (Lipinski definition) is 4. The molecule has 0 aliphatic carbocycles. The Morgan fingerprint density at radius 3 is 2.41 bits per heavy atom. The van der Waals surface area contributed by atoms with E-state index in [2.05, 4.69) is 0 Å². The van der Waals surface area contributed by atoms with Crippen molar-refractivity contribution in [2.75, 3.05) is 31.6 Å². The molecule has 2 aliphatic rings. The molecule has 1 saturated heterocycles. The molecular weight excluding hydrogens is 365 g/mol. The molecule has 3 rings (SSSR count). The molecule has 6 nitrogen and oxygen atoms in total. The summed E-state index contributed by atoms with van der Waals surface area (Å²) in [5.41, 5.74) is 0.893. The van der Waals surface area contributed by atoms with Gasteiger partial charge in [0.25, 0.3) is 0 Å². The molecule has 0 saturated carbocycles. The minimum Gasteiger partial charge on any atom is -0.497 e. The molecule has 0 N–H and O–H groups in total. The normalized spacial score (nSPS) is 18.3. The summed E-state index contributed by atoms with van der Waals surface area (Å²) in [5, 5.41) is 0. The largest absolute Gasteiger partial charge is 0.497 e. The number of hydrogen-bond donors (Lipinski definition) is 0. The van der Waals surface area contributed by atoms with Crippen LogP contribution in [0.4, 0.5) is 18.9 Å². The Morgan fingerprint density at radius 1 is 1.15 bits per heavy atom. The zero-order valence-corrected chi connectivity index (χ0v) is 14.7. The Morgan fingerprint density at radius 2 is 1.81 bits per heavy atom. The number of anilines is 1. The maximum absolute atomic E-state index is 12.9. The van der Waals surface area contributed by atoms with Gasteiger partial charge in [0.2, 0.25) is 5.91 Å². The van der Waals surface area contributed by atoms with E-state index in [1.165, 1.54) is 12.0 Å². The first-order chi connectivity index (χ1) is 12.7. The number of rotatable bonds is 2. The van der Waals surface area contributed by atoms with Gasteiger partial charge in [0.1, 0.15) is 5.75 Å². The SMILES string of the molecule is COc1ccc2c(c1)C(=O)CCN2C(=O)C1CCN(C(=O)C(F)(F)F)CC1. The Hall–Kier alpha value is -2.58. The first-order valence-electron chi connectivity index (χ1n) is 8.61. The van der Waals surface area contributed by atoms with Gasteiger partial charge in [-0.1, -0.05) is 0 Å². The number of piperidine rings is 1. The molecule has 0 unspecified atom stereocenters. The van der Waals surface area contributed by atoms with Crippen LogP contribution in [0.2, 0.25) is 0 Å². The number of nitrogens with zero attached hydrogens (tertiary/aromatic N) is 2. The van der Waals surface area contributed by atoms with Crippen molar-refractivity contribution < 1.29 is 32.3 Å². The van der Waals surface area contributed by atoms with Crippen molar-refractivity contribution in [3.05, 3.63) is 23.8 Å². The molecule has 0 aromatic heterocycles. The first kappa shape index (κ1) is 19.2. The van der Waals surface area contributed by atoms with Gasteiger partial charge >= 0.3 is 12.1 Å². The molecule has 1 aromatic carbocycles. The number of amides is 2. The van der Waals surface area contributed by atoms with Crippen LogP contribution in [0.1, 0.15) is 29.6 Å². The monoisotopic (exact) mass is 384 g/mol. The highest BCUT2D eigenvalue weighted by molar-refractivity contribution is 6.09. The van der Waals surface area contributed by atoms with Crippen LogP contribution in [0.3, 0.4) is 0 Å². The van der Waals surface area contributed by atoms with Crippen molar-refractivity contribution in [1.29, 1.82) is 0 Å². The average Bonchev–Trinajstić information content (AvgIpc) is 2.66. The molecule has 2 amide bonds. The van der Waals surface area contributed by atoms with E-state index in [-0.39, 0.29) is 50.6 Å². The summed E-state index contributed by atoms with van der Waals surface area (Å²) in [6.07, 6.45) is -4.40. The summed E-state index contributed by atoms with van der Waals surface area (Å²) in [6, 6.07) is 4.88. The van der Waals surface area contributed by atoms with Crippen molar-refractivity contribution >= 4 is 23.3 Å².